The van der Waals surface area contributed by atoms with Crippen LogP contribution in [0.1, 0.15) is 0 Å². The lowest BCUT2D eigenvalue weighted by Crippen LogP contribution is -2.14. The molecule has 14 rings (SSSR count). The molecule has 0 unspecified atom stereocenters. The number of para-hydroxylation sites is 3. The first-order valence-corrected chi connectivity index (χ1v) is 24.5. The van der Waals surface area contributed by atoms with E-state index in [1.807, 2.05) is 6.07 Å². The number of hydrogen-bond acceptors (Lipinski definition) is 4. The van der Waals surface area contributed by atoms with Crippen molar-refractivity contribution in [3.8, 4) is 33.4 Å². The highest BCUT2D eigenvalue weighted by Crippen LogP contribution is 2.51. The van der Waals surface area contributed by atoms with E-state index in [1.54, 1.807) is 0 Å². The molecule has 12 aromatic carbocycles. The number of rotatable bonds is 9. The normalized spacial score (nSPS) is 11.6. The summed E-state index contributed by atoms with van der Waals surface area (Å²) in [6.45, 7) is 0. The molecule has 4 nitrogen and oxygen atoms in total. The number of furan rings is 2. The lowest BCUT2D eigenvalue weighted by Gasteiger charge is -2.32. The fourth-order valence-electron chi connectivity index (χ4n) is 10.9. The predicted octanol–water partition coefficient (Wildman–Crippen LogP) is 19.7. The molecule has 338 valence electrons. The van der Waals surface area contributed by atoms with Crippen LogP contribution in [0.4, 0.5) is 34.1 Å². The molecule has 0 aliphatic rings. The first-order valence-electron chi connectivity index (χ1n) is 24.5. The average molecular weight is 921 g/mol. The highest BCUT2D eigenvalue weighted by Gasteiger charge is 2.27. The first-order chi connectivity index (χ1) is 35.7. The summed E-state index contributed by atoms with van der Waals surface area (Å²) in [4.78, 5) is 4.84. The Labute approximate surface area is 416 Å². The minimum Gasteiger partial charge on any atom is -0.456 e. The Morgan fingerprint density at radius 3 is 1.51 bits per heavy atom. The molecule has 4 heteroatoms. The van der Waals surface area contributed by atoms with Gasteiger partial charge in [-0.3, -0.25) is 0 Å². The van der Waals surface area contributed by atoms with Gasteiger partial charge in [0.05, 0.1) is 33.5 Å². The van der Waals surface area contributed by atoms with Crippen LogP contribution in [0, 0.1) is 0 Å². The van der Waals surface area contributed by atoms with Gasteiger partial charge in [0.2, 0.25) is 0 Å². The van der Waals surface area contributed by atoms with Gasteiger partial charge in [0.25, 0.3) is 0 Å². The zero-order valence-corrected chi connectivity index (χ0v) is 39.1. The summed E-state index contributed by atoms with van der Waals surface area (Å²) in [5.41, 5.74) is 16.3. The number of benzene rings is 12. The van der Waals surface area contributed by atoms with E-state index in [0.29, 0.717) is 0 Å². The molecule has 14 aromatic rings. The van der Waals surface area contributed by atoms with Crippen LogP contribution in [0.25, 0.3) is 98.8 Å². The largest absolute Gasteiger partial charge is 0.456 e. The minimum atomic E-state index is 0.834. The van der Waals surface area contributed by atoms with Crippen molar-refractivity contribution in [2.24, 2.45) is 0 Å². The molecule has 0 saturated heterocycles. The molecular formula is C68H44N2O2. The molecule has 0 spiro atoms. The summed E-state index contributed by atoms with van der Waals surface area (Å²) in [5, 5.41) is 8.91. The summed E-state index contributed by atoms with van der Waals surface area (Å²) in [7, 11) is 0. The smallest absolute Gasteiger partial charge is 0.143 e. The van der Waals surface area contributed by atoms with Gasteiger partial charge in [0.15, 0.2) is 0 Å². The van der Waals surface area contributed by atoms with E-state index < -0.39 is 0 Å². The number of nitrogens with zero attached hydrogens (tertiary/aromatic N) is 2. The van der Waals surface area contributed by atoms with Gasteiger partial charge >= 0.3 is 0 Å². The van der Waals surface area contributed by atoms with Gasteiger partial charge in [-0.25, -0.2) is 0 Å². The van der Waals surface area contributed by atoms with E-state index in [9.17, 15) is 0 Å². The van der Waals surface area contributed by atoms with Crippen molar-refractivity contribution >= 4 is 99.5 Å². The number of fused-ring (bicyclic) bond motifs is 9. The van der Waals surface area contributed by atoms with Crippen LogP contribution < -0.4 is 9.80 Å². The molecule has 0 fully saturated rings. The molecule has 0 bridgehead atoms. The van der Waals surface area contributed by atoms with Gasteiger partial charge in [0.1, 0.15) is 22.3 Å². The molecular weight excluding hydrogens is 877 g/mol. The molecule has 2 aromatic heterocycles. The van der Waals surface area contributed by atoms with Crippen molar-refractivity contribution in [1.82, 2.24) is 0 Å². The topological polar surface area (TPSA) is 32.8 Å². The van der Waals surface area contributed by atoms with Crippen LogP contribution in [0.2, 0.25) is 0 Å². The highest BCUT2D eigenvalue weighted by atomic mass is 16.3. The molecule has 0 amide bonds. The summed E-state index contributed by atoms with van der Waals surface area (Å²) in [5.74, 6) is 0. The highest BCUT2D eigenvalue weighted by molar-refractivity contribution is 6.20. The standard InChI is InChI=1S/C68H44N2O2/c1-2-17-45(18-3-1)47-37-40-52(41-38-47)69(62-31-16-34-65-67(62)58-42-39-48-20-6-7-24-54(48)68(58)72-65)59-28-11-8-25-55(59)56-26-9-12-29-60(56)70(61-30-15-33-64-66(61)57-27-10-13-32-63(57)71-64)53-23-14-22-50(44-53)51-36-35-46-19-4-5-21-49(46)43-51/h1-44H. The van der Waals surface area contributed by atoms with E-state index in [-0.39, 0.29) is 0 Å². The van der Waals surface area contributed by atoms with Crippen molar-refractivity contribution in [1.29, 1.82) is 0 Å². The lowest BCUT2D eigenvalue weighted by molar-refractivity contribution is 0.669. The zero-order valence-electron chi connectivity index (χ0n) is 39.1. The third kappa shape index (κ3) is 6.92. The molecule has 0 aliphatic heterocycles. The SMILES string of the molecule is c1ccc(-c2ccc(N(c3ccccc3-c3ccccc3N(c3cccc(-c4ccc5ccccc5c4)c3)c3cccc4oc5ccccc5c34)c3cccc4oc5c6ccccc6ccc5c34)cc2)cc1. The molecule has 0 radical (unpaired) electrons. The quantitative estimate of drug-likeness (QED) is 0.144. The molecule has 0 aliphatic carbocycles. The van der Waals surface area contributed by atoms with Crippen LogP contribution in [0.3, 0.4) is 0 Å². The van der Waals surface area contributed by atoms with Crippen molar-refractivity contribution in [2.75, 3.05) is 9.80 Å². The van der Waals surface area contributed by atoms with Gasteiger partial charge < -0.3 is 18.6 Å². The van der Waals surface area contributed by atoms with Gasteiger partial charge in [0, 0.05) is 38.7 Å². The van der Waals surface area contributed by atoms with E-state index in [4.69, 9.17) is 8.83 Å². The predicted molar refractivity (Wildman–Crippen MR) is 302 cm³/mol. The van der Waals surface area contributed by atoms with E-state index in [2.05, 4.69) is 271 Å². The first kappa shape index (κ1) is 41.3. The van der Waals surface area contributed by atoms with Crippen LogP contribution in [0.5, 0.6) is 0 Å². The van der Waals surface area contributed by atoms with Crippen molar-refractivity contribution in [3.63, 3.8) is 0 Å². The molecule has 2 heterocycles. The Morgan fingerprint density at radius 1 is 0.250 bits per heavy atom. The molecule has 0 N–H and O–H groups in total. The van der Waals surface area contributed by atoms with E-state index in [1.165, 1.54) is 16.3 Å². The maximum Gasteiger partial charge on any atom is 0.143 e. The average Bonchev–Trinajstić information content (AvgIpc) is 4.04. The lowest BCUT2D eigenvalue weighted by atomic mass is 9.96. The van der Waals surface area contributed by atoms with Crippen LogP contribution >= 0.6 is 0 Å². The van der Waals surface area contributed by atoms with Crippen LogP contribution in [-0.2, 0) is 0 Å². The summed E-state index contributed by atoms with van der Waals surface area (Å²) in [6.07, 6.45) is 0. The maximum absolute atomic E-state index is 6.85. The molecule has 0 saturated carbocycles. The van der Waals surface area contributed by atoms with Gasteiger partial charge in [-0.1, -0.05) is 188 Å². The Bertz CT molecular complexity index is 4360. The Morgan fingerprint density at radius 2 is 0.750 bits per heavy atom. The fourth-order valence-corrected chi connectivity index (χ4v) is 10.9. The summed E-state index contributed by atoms with van der Waals surface area (Å²) in [6, 6.07) is 95.5. The van der Waals surface area contributed by atoms with Crippen molar-refractivity contribution in [2.45, 2.75) is 0 Å². The minimum absolute atomic E-state index is 0.834. The van der Waals surface area contributed by atoms with E-state index >= 15 is 0 Å². The van der Waals surface area contributed by atoms with Crippen molar-refractivity contribution < 1.29 is 8.83 Å². The van der Waals surface area contributed by atoms with E-state index in [0.717, 1.165) is 117 Å². The third-order valence-electron chi connectivity index (χ3n) is 14.2. The summed E-state index contributed by atoms with van der Waals surface area (Å²) < 4.78 is 13.4. The van der Waals surface area contributed by atoms with Crippen LogP contribution in [0.15, 0.2) is 276 Å². The Hall–Kier alpha value is -9.64. The third-order valence-corrected chi connectivity index (χ3v) is 14.2. The van der Waals surface area contributed by atoms with Crippen LogP contribution in [-0.4, -0.2) is 0 Å². The Kier molecular flexibility index (Phi) is 9.82. The second-order valence-electron chi connectivity index (χ2n) is 18.4. The van der Waals surface area contributed by atoms with Gasteiger partial charge in [-0.15, -0.1) is 0 Å². The zero-order chi connectivity index (χ0) is 47.5. The fraction of sp³-hybridized carbons (Fsp3) is 0. The van der Waals surface area contributed by atoms with Crippen molar-refractivity contribution in [3.05, 3.63) is 267 Å². The summed E-state index contributed by atoms with van der Waals surface area (Å²) >= 11 is 0. The maximum atomic E-state index is 6.85. The van der Waals surface area contributed by atoms with Gasteiger partial charge in [-0.05, 0) is 117 Å². The Balaban J connectivity index is 1.01. The van der Waals surface area contributed by atoms with Gasteiger partial charge in [-0.2, -0.15) is 0 Å². The number of hydrogen-bond donors (Lipinski definition) is 0. The molecule has 0 atom stereocenters. The molecule has 72 heavy (non-hydrogen) atoms. The second kappa shape index (κ2) is 17.1. The number of anilines is 6. The monoisotopic (exact) mass is 920 g/mol. The second-order valence-corrected chi connectivity index (χ2v) is 18.4.